The molecule has 0 saturated heterocycles. The van der Waals surface area contributed by atoms with Gasteiger partial charge in [-0.1, -0.05) is 254 Å². The van der Waals surface area contributed by atoms with Crippen LogP contribution < -0.4 is 0 Å². The Morgan fingerprint density at radius 2 is 0.844 bits per heavy atom. The number of unbranched alkanes of at least 4 members (excludes halogenated alkanes) is 28. The van der Waals surface area contributed by atoms with E-state index in [-0.39, 0.29) is 31.8 Å². The summed E-state index contributed by atoms with van der Waals surface area (Å²) in [6, 6.07) is 20.1. The number of ether oxygens (including phenoxy) is 2. The number of carbonyl (C=O) groups is 2. The number of esters is 2. The molecule has 0 aliphatic carbocycles. The first-order chi connectivity index (χ1) is 31.3. The predicted molar refractivity (Wildman–Crippen MR) is 268 cm³/mol. The second kappa shape index (κ2) is 40.7. The Labute approximate surface area is 392 Å². The number of benzene rings is 2. The second-order valence-corrected chi connectivity index (χ2v) is 20.5. The SMILES string of the molecule is CCCCCCCCCCCCCCCCCC(=O)OC[C@H](COP(=O)(O)CCN(Cc1ccccc1)Cc1ccccc1)OC(=O)CCCCCCCCCCCCCCCCC. The fourth-order valence-corrected chi connectivity index (χ4v) is 9.39. The molecule has 2 aromatic rings. The highest BCUT2D eigenvalue weighted by molar-refractivity contribution is 7.52. The van der Waals surface area contributed by atoms with Gasteiger partial charge in [-0.05, 0) is 24.0 Å². The smallest absolute Gasteiger partial charge is 0.329 e. The van der Waals surface area contributed by atoms with Gasteiger partial charge in [0.05, 0.1) is 12.8 Å². The maximum absolute atomic E-state index is 13.4. The van der Waals surface area contributed by atoms with Gasteiger partial charge in [-0.3, -0.25) is 19.1 Å². The van der Waals surface area contributed by atoms with Crippen molar-refractivity contribution in [2.24, 2.45) is 0 Å². The molecule has 8 nitrogen and oxygen atoms in total. The zero-order valence-electron chi connectivity index (χ0n) is 41.0. The lowest BCUT2D eigenvalue weighted by molar-refractivity contribution is -0.161. The molecule has 366 valence electrons. The largest absolute Gasteiger partial charge is 0.462 e. The summed E-state index contributed by atoms with van der Waals surface area (Å²) in [5, 5.41) is 0. The van der Waals surface area contributed by atoms with Crippen LogP contribution in [0.15, 0.2) is 60.7 Å². The van der Waals surface area contributed by atoms with Crippen molar-refractivity contribution >= 4 is 19.5 Å². The van der Waals surface area contributed by atoms with Gasteiger partial charge in [0.15, 0.2) is 6.10 Å². The summed E-state index contributed by atoms with van der Waals surface area (Å²) in [5.74, 6) is -0.741. The van der Waals surface area contributed by atoms with E-state index in [0.717, 1.165) is 49.7 Å². The lowest BCUT2D eigenvalue weighted by Gasteiger charge is -2.25. The quantitative estimate of drug-likeness (QED) is 0.0398. The molecule has 0 heterocycles. The van der Waals surface area contributed by atoms with Gasteiger partial charge in [0.1, 0.15) is 6.61 Å². The molecule has 0 radical (unpaired) electrons. The molecular weight excluding hydrogens is 818 g/mol. The first kappa shape index (κ1) is 57.6. The van der Waals surface area contributed by atoms with E-state index < -0.39 is 19.7 Å². The monoisotopic (exact) mass is 912 g/mol. The third kappa shape index (κ3) is 34.8. The molecule has 0 amide bonds. The lowest BCUT2D eigenvalue weighted by Crippen LogP contribution is -2.30. The minimum atomic E-state index is -4.07. The van der Waals surface area contributed by atoms with Crippen molar-refractivity contribution in [3.05, 3.63) is 71.8 Å². The summed E-state index contributed by atoms with van der Waals surface area (Å²) < 4.78 is 30.3. The van der Waals surface area contributed by atoms with Crippen molar-refractivity contribution in [3.8, 4) is 0 Å². The van der Waals surface area contributed by atoms with E-state index >= 15 is 0 Å². The molecule has 9 heteroatoms. The molecule has 64 heavy (non-hydrogen) atoms. The van der Waals surface area contributed by atoms with E-state index in [4.69, 9.17) is 14.0 Å². The predicted octanol–water partition coefficient (Wildman–Crippen LogP) is 15.9. The first-order valence-electron chi connectivity index (χ1n) is 26.4. The van der Waals surface area contributed by atoms with Gasteiger partial charge in [-0.25, -0.2) is 0 Å². The Morgan fingerprint density at radius 1 is 0.500 bits per heavy atom. The normalized spacial score (nSPS) is 12.9. The standard InChI is InChI=1S/C55H94NO7P/c1-3-5-7-9-11-13-15-17-19-21-23-25-27-29-37-43-54(57)61-49-53(63-55(58)44-38-30-28-26-24-22-20-18-16-14-12-10-8-6-4-2)50-62-64(59,60)46-45-56(47-51-39-33-31-34-40-51)48-52-41-35-32-36-42-52/h31-36,39-42,53H,3-30,37-38,43-50H2,1-2H3,(H,59,60)/t53-/m1/s1. The van der Waals surface area contributed by atoms with Crippen LogP contribution in [0.4, 0.5) is 0 Å². The van der Waals surface area contributed by atoms with Crippen LogP contribution >= 0.6 is 7.60 Å². The summed E-state index contributed by atoms with van der Waals surface area (Å²) in [7, 11) is -4.07. The topological polar surface area (TPSA) is 102 Å². The van der Waals surface area contributed by atoms with Crippen LogP contribution in [-0.2, 0) is 41.2 Å². The van der Waals surface area contributed by atoms with E-state index in [9.17, 15) is 19.0 Å². The highest BCUT2D eigenvalue weighted by atomic mass is 31.2. The van der Waals surface area contributed by atoms with Crippen molar-refractivity contribution in [2.75, 3.05) is 25.9 Å². The number of nitrogens with zero attached hydrogens (tertiary/aromatic N) is 1. The van der Waals surface area contributed by atoms with Crippen molar-refractivity contribution < 1.29 is 33.0 Å². The van der Waals surface area contributed by atoms with Crippen LogP contribution in [0.5, 0.6) is 0 Å². The molecule has 0 aromatic heterocycles. The highest BCUT2D eigenvalue weighted by Gasteiger charge is 2.26. The van der Waals surface area contributed by atoms with Crippen molar-refractivity contribution in [1.82, 2.24) is 4.90 Å². The van der Waals surface area contributed by atoms with Crippen LogP contribution in [0.3, 0.4) is 0 Å². The number of hydrogen-bond donors (Lipinski definition) is 1. The Balaban J connectivity index is 1.75. The van der Waals surface area contributed by atoms with Gasteiger partial charge in [-0.15, -0.1) is 0 Å². The molecule has 0 aliphatic rings. The summed E-state index contributed by atoms with van der Waals surface area (Å²) in [5.41, 5.74) is 2.22. The van der Waals surface area contributed by atoms with Gasteiger partial charge >= 0.3 is 19.5 Å². The van der Waals surface area contributed by atoms with Crippen molar-refractivity contribution in [2.45, 2.75) is 239 Å². The number of rotatable bonds is 45. The van der Waals surface area contributed by atoms with Gasteiger partial charge in [0, 0.05) is 32.5 Å². The average Bonchev–Trinajstić information content (AvgIpc) is 3.29. The Kier molecular flexibility index (Phi) is 36.7. The van der Waals surface area contributed by atoms with E-state index in [0.29, 0.717) is 26.1 Å². The maximum atomic E-state index is 13.4. The minimum absolute atomic E-state index is 0.0918. The van der Waals surface area contributed by atoms with Crippen LogP contribution in [0.1, 0.15) is 230 Å². The summed E-state index contributed by atoms with van der Waals surface area (Å²) in [6.07, 6.45) is 37.0. The highest BCUT2D eigenvalue weighted by Crippen LogP contribution is 2.42. The van der Waals surface area contributed by atoms with Crippen LogP contribution in [0.25, 0.3) is 0 Å². The zero-order valence-corrected chi connectivity index (χ0v) is 41.9. The van der Waals surface area contributed by atoms with Gasteiger partial charge in [0.2, 0.25) is 0 Å². The molecule has 1 N–H and O–H groups in total. The van der Waals surface area contributed by atoms with Crippen LogP contribution in [0.2, 0.25) is 0 Å². The van der Waals surface area contributed by atoms with Gasteiger partial charge in [-0.2, -0.15) is 0 Å². The molecule has 2 aromatic carbocycles. The van der Waals surface area contributed by atoms with E-state index in [1.807, 2.05) is 60.7 Å². The fraction of sp³-hybridized carbons (Fsp3) is 0.745. The summed E-state index contributed by atoms with van der Waals surface area (Å²) in [6.45, 7) is 5.58. The molecule has 0 aliphatic heterocycles. The molecule has 1 unspecified atom stereocenters. The van der Waals surface area contributed by atoms with Gasteiger partial charge < -0.3 is 18.9 Å². The minimum Gasteiger partial charge on any atom is -0.462 e. The third-order valence-corrected chi connectivity index (χ3v) is 13.7. The number of hydrogen-bond acceptors (Lipinski definition) is 7. The van der Waals surface area contributed by atoms with E-state index in [1.165, 1.54) is 154 Å². The molecule has 0 saturated carbocycles. The van der Waals surface area contributed by atoms with Crippen LogP contribution in [0, 0.1) is 0 Å². The molecule has 2 atom stereocenters. The molecule has 0 bridgehead atoms. The Morgan fingerprint density at radius 3 is 1.22 bits per heavy atom. The first-order valence-corrected chi connectivity index (χ1v) is 28.2. The average molecular weight is 912 g/mol. The maximum Gasteiger partial charge on any atom is 0.329 e. The third-order valence-electron chi connectivity index (χ3n) is 12.4. The summed E-state index contributed by atoms with van der Waals surface area (Å²) >= 11 is 0. The molecule has 0 fully saturated rings. The second-order valence-electron chi connectivity index (χ2n) is 18.5. The molecule has 0 spiro atoms. The molecular formula is C55H94NO7P. The number of carbonyl (C=O) groups excluding carboxylic acids is 2. The molecule has 2 rings (SSSR count). The Hall–Kier alpha value is -2.51. The van der Waals surface area contributed by atoms with Crippen molar-refractivity contribution in [1.29, 1.82) is 0 Å². The fourth-order valence-electron chi connectivity index (χ4n) is 8.33. The summed E-state index contributed by atoms with van der Waals surface area (Å²) in [4.78, 5) is 38.9. The van der Waals surface area contributed by atoms with Gasteiger partial charge in [0.25, 0.3) is 0 Å². The Bertz CT molecular complexity index is 1370. The lowest BCUT2D eigenvalue weighted by atomic mass is 10.0. The van der Waals surface area contributed by atoms with E-state index in [1.54, 1.807) is 0 Å². The van der Waals surface area contributed by atoms with Crippen molar-refractivity contribution in [3.63, 3.8) is 0 Å². The zero-order chi connectivity index (χ0) is 46.0. The van der Waals surface area contributed by atoms with Crippen LogP contribution in [-0.4, -0.2) is 53.8 Å². The van der Waals surface area contributed by atoms with E-state index in [2.05, 4.69) is 18.7 Å².